The van der Waals surface area contributed by atoms with Crippen LogP contribution in [0.5, 0.6) is 0 Å². The van der Waals surface area contributed by atoms with Crippen molar-refractivity contribution in [2.24, 2.45) is 16.8 Å². The molecule has 2 atom stereocenters. The second-order valence-electron chi connectivity index (χ2n) is 7.56. The maximum atomic E-state index is 12.0. The Morgan fingerprint density at radius 1 is 1.24 bits per heavy atom. The normalized spacial score (nSPS) is 26.0. The van der Waals surface area contributed by atoms with Gasteiger partial charge in [0, 0.05) is 39.3 Å². The summed E-state index contributed by atoms with van der Waals surface area (Å²) in [6, 6.07) is 0.620. The average Bonchev–Trinajstić information content (AvgIpc) is 2.63. The molecule has 0 aliphatic carbocycles. The molecule has 25 heavy (non-hydrogen) atoms. The fourth-order valence-electron chi connectivity index (χ4n) is 3.92. The van der Waals surface area contributed by atoms with Crippen LogP contribution in [0.25, 0.3) is 0 Å². The minimum Gasteiger partial charge on any atom is -0.466 e. The number of aliphatic imine (C=N–C) groups is 1. The van der Waals surface area contributed by atoms with Crippen molar-refractivity contribution in [3.8, 4) is 0 Å². The predicted octanol–water partition coefficient (Wildman–Crippen LogP) is 1.96. The SMILES string of the molecule is CCOC(=O)C1CCCN(C(=NC)NCC2CCCN(C(C)C)C2)C1. The van der Waals surface area contributed by atoms with E-state index in [1.165, 1.54) is 19.4 Å². The van der Waals surface area contributed by atoms with E-state index in [1.807, 2.05) is 14.0 Å². The van der Waals surface area contributed by atoms with Crippen LogP contribution in [0.2, 0.25) is 0 Å². The molecule has 2 unspecified atom stereocenters. The third-order valence-electron chi connectivity index (χ3n) is 5.38. The summed E-state index contributed by atoms with van der Waals surface area (Å²) in [5, 5.41) is 3.56. The van der Waals surface area contributed by atoms with Gasteiger partial charge in [-0.1, -0.05) is 0 Å². The van der Waals surface area contributed by atoms with Gasteiger partial charge in [-0.3, -0.25) is 9.79 Å². The Labute approximate surface area is 153 Å². The first kappa shape index (κ1) is 20.0. The lowest BCUT2D eigenvalue weighted by Gasteiger charge is -2.37. The summed E-state index contributed by atoms with van der Waals surface area (Å²) >= 11 is 0. The minimum absolute atomic E-state index is 0.0293. The van der Waals surface area contributed by atoms with Crippen LogP contribution in [0.3, 0.4) is 0 Å². The van der Waals surface area contributed by atoms with E-state index in [9.17, 15) is 4.79 Å². The van der Waals surface area contributed by atoms with Crippen molar-refractivity contribution in [1.29, 1.82) is 0 Å². The third-order valence-corrected chi connectivity index (χ3v) is 5.38. The first-order chi connectivity index (χ1) is 12.0. The fraction of sp³-hybridized carbons (Fsp3) is 0.895. The number of carbonyl (C=O) groups excluding carboxylic acids is 1. The zero-order valence-corrected chi connectivity index (χ0v) is 16.5. The minimum atomic E-state index is -0.0671. The molecule has 6 heteroatoms. The van der Waals surface area contributed by atoms with Gasteiger partial charge < -0.3 is 19.9 Å². The number of ether oxygens (including phenoxy) is 1. The lowest BCUT2D eigenvalue weighted by molar-refractivity contribution is -0.149. The number of hydrogen-bond acceptors (Lipinski definition) is 4. The van der Waals surface area contributed by atoms with E-state index < -0.39 is 0 Å². The standard InChI is InChI=1S/C19H36N4O2/c1-5-25-18(24)17-9-7-11-23(14-17)19(20-4)21-12-16-8-6-10-22(13-16)15(2)3/h15-17H,5-14H2,1-4H3,(H,20,21). The Kier molecular flexibility index (Phi) is 8.00. The lowest BCUT2D eigenvalue weighted by Crippen LogP contribution is -2.50. The third kappa shape index (κ3) is 5.87. The van der Waals surface area contributed by atoms with E-state index in [1.54, 1.807) is 0 Å². The number of carbonyl (C=O) groups is 1. The molecule has 6 nitrogen and oxygen atoms in total. The van der Waals surface area contributed by atoms with E-state index in [2.05, 4.69) is 34.0 Å². The van der Waals surface area contributed by atoms with Crippen molar-refractivity contribution in [3.05, 3.63) is 0 Å². The van der Waals surface area contributed by atoms with Gasteiger partial charge in [0.05, 0.1) is 12.5 Å². The molecule has 0 aromatic rings. The van der Waals surface area contributed by atoms with Crippen LogP contribution >= 0.6 is 0 Å². The summed E-state index contributed by atoms with van der Waals surface area (Å²) in [5.74, 6) is 1.50. The molecule has 0 bridgehead atoms. The van der Waals surface area contributed by atoms with Crippen molar-refractivity contribution >= 4 is 11.9 Å². The quantitative estimate of drug-likeness (QED) is 0.466. The lowest BCUT2D eigenvalue weighted by atomic mass is 9.96. The second-order valence-corrected chi connectivity index (χ2v) is 7.56. The smallest absolute Gasteiger partial charge is 0.310 e. The number of guanidine groups is 1. The van der Waals surface area contributed by atoms with Crippen LogP contribution in [-0.2, 0) is 9.53 Å². The molecule has 0 aromatic heterocycles. The molecular weight excluding hydrogens is 316 g/mol. The summed E-state index contributed by atoms with van der Waals surface area (Å²) in [6.45, 7) is 11.9. The molecule has 1 N–H and O–H groups in total. The molecule has 2 heterocycles. The van der Waals surface area contributed by atoms with Gasteiger partial charge >= 0.3 is 5.97 Å². The van der Waals surface area contributed by atoms with Crippen molar-refractivity contribution in [2.75, 3.05) is 46.4 Å². The molecule has 2 aliphatic rings. The Hall–Kier alpha value is -1.30. The summed E-state index contributed by atoms with van der Waals surface area (Å²) in [6.07, 6.45) is 4.48. The number of esters is 1. The highest BCUT2D eigenvalue weighted by atomic mass is 16.5. The molecular formula is C19H36N4O2. The molecule has 2 rings (SSSR count). The van der Waals surface area contributed by atoms with Gasteiger partial charge in [0.15, 0.2) is 5.96 Å². The topological polar surface area (TPSA) is 57.2 Å². The predicted molar refractivity (Wildman–Crippen MR) is 102 cm³/mol. The van der Waals surface area contributed by atoms with Gasteiger partial charge in [-0.2, -0.15) is 0 Å². The fourth-order valence-corrected chi connectivity index (χ4v) is 3.92. The molecule has 0 radical (unpaired) electrons. The average molecular weight is 353 g/mol. The van der Waals surface area contributed by atoms with Gasteiger partial charge in [-0.25, -0.2) is 0 Å². The highest BCUT2D eigenvalue weighted by Crippen LogP contribution is 2.20. The van der Waals surface area contributed by atoms with Gasteiger partial charge in [-0.05, 0) is 58.9 Å². The van der Waals surface area contributed by atoms with E-state index in [4.69, 9.17) is 4.74 Å². The van der Waals surface area contributed by atoms with E-state index in [-0.39, 0.29) is 11.9 Å². The van der Waals surface area contributed by atoms with Crippen molar-refractivity contribution in [1.82, 2.24) is 15.1 Å². The maximum Gasteiger partial charge on any atom is 0.310 e. The summed E-state index contributed by atoms with van der Waals surface area (Å²) in [5.41, 5.74) is 0. The number of nitrogens with zero attached hydrogens (tertiary/aromatic N) is 3. The van der Waals surface area contributed by atoms with Crippen molar-refractivity contribution < 1.29 is 9.53 Å². The Balaban J connectivity index is 1.84. The molecule has 0 saturated carbocycles. The second kappa shape index (κ2) is 10.00. The van der Waals surface area contributed by atoms with E-state index in [0.29, 0.717) is 25.1 Å². The van der Waals surface area contributed by atoms with Crippen molar-refractivity contribution in [3.63, 3.8) is 0 Å². The maximum absolute atomic E-state index is 12.0. The van der Waals surface area contributed by atoms with Gasteiger partial charge in [0.25, 0.3) is 0 Å². The number of hydrogen-bond donors (Lipinski definition) is 1. The summed E-state index contributed by atoms with van der Waals surface area (Å²) in [4.78, 5) is 21.3. The van der Waals surface area contributed by atoms with Gasteiger partial charge in [-0.15, -0.1) is 0 Å². The molecule has 2 saturated heterocycles. The Morgan fingerprint density at radius 3 is 2.68 bits per heavy atom. The Bertz CT molecular complexity index is 453. The molecule has 0 aromatic carbocycles. The van der Waals surface area contributed by atoms with E-state index in [0.717, 1.165) is 38.4 Å². The van der Waals surface area contributed by atoms with Crippen LogP contribution in [0, 0.1) is 11.8 Å². The molecule has 0 spiro atoms. The highest BCUT2D eigenvalue weighted by Gasteiger charge is 2.29. The molecule has 2 aliphatic heterocycles. The van der Waals surface area contributed by atoms with Gasteiger partial charge in [0.1, 0.15) is 0 Å². The van der Waals surface area contributed by atoms with Crippen LogP contribution in [0.15, 0.2) is 4.99 Å². The number of likely N-dealkylation sites (tertiary alicyclic amines) is 2. The summed E-state index contributed by atoms with van der Waals surface area (Å²) in [7, 11) is 1.83. The molecule has 144 valence electrons. The first-order valence-electron chi connectivity index (χ1n) is 9.91. The number of nitrogens with one attached hydrogen (secondary N) is 1. The van der Waals surface area contributed by atoms with E-state index >= 15 is 0 Å². The first-order valence-corrected chi connectivity index (χ1v) is 9.91. The molecule has 0 amide bonds. The number of piperidine rings is 2. The monoisotopic (exact) mass is 352 g/mol. The largest absolute Gasteiger partial charge is 0.466 e. The van der Waals surface area contributed by atoms with Crippen molar-refractivity contribution in [2.45, 2.75) is 52.5 Å². The van der Waals surface area contributed by atoms with Crippen LogP contribution in [-0.4, -0.2) is 74.1 Å². The molecule has 2 fully saturated rings. The number of rotatable bonds is 5. The zero-order chi connectivity index (χ0) is 18.2. The highest BCUT2D eigenvalue weighted by molar-refractivity contribution is 5.81. The van der Waals surface area contributed by atoms with Crippen LogP contribution in [0.4, 0.5) is 0 Å². The zero-order valence-electron chi connectivity index (χ0n) is 16.5. The van der Waals surface area contributed by atoms with Gasteiger partial charge in [0.2, 0.25) is 0 Å². The summed E-state index contributed by atoms with van der Waals surface area (Å²) < 4.78 is 5.20. The van der Waals surface area contributed by atoms with Crippen LogP contribution < -0.4 is 5.32 Å². The Morgan fingerprint density at radius 2 is 2.00 bits per heavy atom. The van der Waals surface area contributed by atoms with Crippen LogP contribution in [0.1, 0.15) is 46.5 Å².